The zero-order chi connectivity index (χ0) is 18.8. The van der Waals surface area contributed by atoms with Crippen LogP contribution in [0.25, 0.3) is 16.9 Å². The molecule has 1 aromatic carbocycles. The van der Waals surface area contributed by atoms with Gasteiger partial charge in [0.15, 0.2) is 5.82 Å². The number of anilines is 2. The predicted octanol–water partition coefficient (Wildman–Crippen LogP) is 2.85. The average Bonchev–Trinajstić information content (AvgIpc) is 3.31. The van der Waals surface area contributed by atoms with Crippen molar-refractivity contribution in [3.63, 3.8) is 0 Å². The first-order valence-electron chi connectivity index (χ1n) is 8.63. The number of hydrogen-bond donors (Lipinski definition) is 1. The van der Waals surface area contributed by atoms with Crippen LogP contribution in [0, 0.1) is 0 Å². The first-order chi connectivity index (χ1) is 13.2. The van der Waals surface area contributed by atoms with Gasteiger partial charge in [0.1, 0.15) is 11.8 Å². The van der Waals surface area contributed by atoms with Crippen molar-refractivity contribution in [2.45, 2.75) is 26.5 Å². The number of fused-ring (bicyclic) bond motifs is 1. The van der Waals surface area contributed by atoms with Crippen molar-refractivity contribution < 1.29 is 4.74 Å². The van der Waals surface area contributed by atoms with E-state index < -0.39 is 0 Å². The summed E-state index contributed by atoms with van der Waals surface area (Å²) in [5.41, 5.74) is 3.65. The van der Waals surface area contributed by atoms with E-state index in [1.165, 1.54) is 6.33 Å². The van der Waals surface area contributed by atoms with E-state index in [0.29, 0.717) is 18.2 Å². The van der Waals surface area contributed by atoms with E-state index in [0.717, 1.165) is 22.3 Å². The molecular formula is C18H20N8O. The highest BCUT2D eigenvalue weighted by Gasteiger charge is 2.12. The second-order valence-electron chi connectivity index (χ2n) is 6.41. The molecule has 0 unspecified atom stereocenters. The summed E-state index contributed by atoms with van der Waals surface area (Å²) in [5.74, 6) is 1.29. The van der Waals surface area contributed by atoms with Gasteiger partial charge in [-0.2, -0.15) is 9.90 Å². The predicted molar refractivity (Wildman–Crippen MR) is 101 cm³/mol. The summed E-state index contributed by atoms with van der Waals surface area (Å²) in [5, 5.41) is 20.3. The molecule has 0 aliphatic rings. The molecule has 0 bridgehead atoms. The van der Waals surface area contributed by atoms with Gasteiger partial charge in [0, 0.05) is 30.1 Å². The Kier molecular flexibility index (Phi) is 4.51. The van der Waals surface area contributed by atoms with Crippen LogP contribution in [0.5, 0.6) is 0 Å². The largest absolute Gasteiger partial charge is 0.380 e. The SMILES string of the molecule is COCc1ccn2ncnc(Nc3cccc(-c4nnn(C(C)C)n4)c3)c12. The van der Waals surface area contributed by atoms with Crippen molar-refractivity contribution in [1.29, 1.82) is 0 Å². The molecule has 0 spiro atoms. The maximum atomic E-state index is 5.28. The summed E-state index contributed by atoms with van der Waals surface area (Å²) < 4.78 is 7.06. The van der Waals surface area contributed by atoms with Gasteiger partial charge in [0.25, 0.3) is 0 Å². The number of rotatable bonds is 6. The zero-order valence-electron chi connectivity index (χ0n) is 15.4. The summed E-state index contributed by atoms with van der Waals surface area (Å²) in [4.78, 5) is 6.00. The zero-order valence-corrected chi connectivity index (χ0v) is 15.4. The number of methoxy groups -OCH3 is 1. The molecule has 4 rings (SSSR count). The van der Waals surface area contributed by atoms with Gasteiger partial charge in [-0.25, -0.2) is 9.50 Å². The lowest BCUT2D eigenvalue weighted by Crippen LogP contribution is -2.04. The van der Waals surface area contributed by atoms with Crippen LogP contribution in [-0.2, 0) is 11.3 Å². The number of benzene rings is 1. The topological polar surface area (TPSA) is 95.0 Å². The first kappa shape index (κ1) is 17.1. The molecule has 9 nitrogen and oxygen atoms in total. The summed E-state index contributed by atoms with van der Waals surface area (Å²) in [7, 11) is 1.67. The van der Waals surface area contributed by atoms with E-state index in [9.17, 15) is 0 Å². The van der Waals surface area contributed by atoms with E-state index >= 15 is 0 Å². The van der Waals surface area contributed by atoms with Crippen molar-refractivity contribution in [3.8, 4) is 11.4 Å². The van der Waals surface area contributed by atoms with Crippen molar-refractivity contribution in [3.05, 3.63) is 48.4 Å². The Labute approximate surface area is 156 Å². The van der Waals surface area contributed by atoms with Gasteiger partial charge in [-0.1, -0.05) is 12.1 Å². The van der Waals surface area contributed by atoms with Crippen molar-refractivity contribution in [2.24, 2.45) is 0 Å². The summed E-state index contributed by atoms with van der Waals surface area (Å²) in [6.45, 7) is 4.51. The van der Waals surface area contributed by atoms with Crippen LogP contribution in [-0.4, -0.2) is 41.9 Å². The Bertz CT molecular complexity index is 1070. The van der Waals surface area contributed by atoms with Gasteiger partial charge in [-0.15, -0.1) is 10.2 Å². The minimum atomic E-state index is 0.162. The van der Waals surface area contributed by atoms with Crippen molar-refractivity contribution in [2.75, 3.05) is 12.4 Å². The molecule has 0 aliphatic heterocycles. The van der Waals surface area contributed by atoms with Crippen LogP contribution < -0.4 is 5.32 Å². The van der Waals surface area contributed by atoms with Crippen LogP contribution in [0.4, 0.5) is 11.5 Å². The number of nitrogens with one attached hydrogen (secondary N) is 1. The van der Waals surface area contributed by atoms with E-state index in [1.54, 1.807) is 16.4 Å². The average molecular weight is 364 g/mol. The number of tetrazole rings is 1. The molecule has 9 heteroatoms. The maximum Gasteiger partial charge on any atom is 0.205 e. The molecule has 3 aromatic heterocycles. The van der Waals surface area contributed by atoms with Gasteiger partial charge < -0.3 is 10.1 Å². The number of aromatic nitrogens is 7. The molecule has 0 fully saturated rings. The Morgan fingerprint density at radius 2 is 2.11 bits per heavy atom. The molecular weight excluding hydrogens is 344 g/mol. The quantitative estimate of drug-likeness (QED) is 0.562. The van der Waals surface area contributed by atoms with Crippen LogP contribution in [0.3, 0.4) is 0 Å². The van der Waals surface area contributed by atoms with E-state index in [1.807, 2.05) is 50.4 Å². The van der Waals surface area contributed by atoms with Crippen LogP contribution >= 0.6 is 0 Å². The molecule has 0 saturated carbocycles. The molecule has 1 N–H and O–H groups in total. The molecule has 0 atom stereocenters. The molecule has 27 heavy (non-hydrogen) atoms. The molecule has 3 heterocycles. The third-order valence-corrected chi connectivity index (χ3v) is 4.11. The summed E-state index contributed by atoms with van der Waals surface area (Å²) in [6.07, 6.45) is 3.41. The fourth-order valence-corrected chi connectivity index (χ4v) is 2.81. The van der Waals surface area contributed by atoms with Gasteiger partial charge in [-0.05, 0) is 37.3 Å². The Hall–Kier alpha value is -3.33. The Balaban J connectivity index is 1.67. The monoisotopic (exact) mass is 364 g/mol. The van der Waals surface area contributed by atoms with E-state index in [-0.39, 0.29) is 6.04 Å². The van der Waals surface area contributed by atoms with Gasteiger partial charge in [-0.3, -0.25) is 0 Å². The van der Waals surface area contributed by atoms with Crippen LogP contribution in [0.15, 0.2) is 42.9 Å². The third-order valence-electron chi connectivity index (χ3n) is 4.11. The summed E-state index contributed by atoms with van der Waals surface area (Å²) >= 11 is 0. The van der Waals surface area contributed by atoms with E-state index in [4.69, 9.17) is 4.74 Å². The molecule has 0 amide bonds. The highest BCUT2D eigenvalue weighted by molar-refractivity contribution is 5.77. The standard InChI is InChI=1S/C18H20N8O/c1-12(2)26-23-17(22-24-26)13-5-4-6-15(9-13)21-18-16-14(10-27-3)7-8-25(16)20-11-19-18/h4-9,11-12H,10H2,1-3H3,(H,19,20,21). The molecule has 138 valence electrons. The highest BCUT2D eigenvalue weighted by atomic mass is 16.5. The van der Waals surface area contributed by atoms with Crippen LogP contribution in [0.2, 0.25) is 0 Å². The first-order valence-corrected chi connectivity index (χ1v) is 8.63. The lowest BCUT2D eigenvalue weighted by atomic mass is 10.2. The lowest BCUT2D eigenvalue weighted by molar-refractivity contribution is 0.186. The van der Waals surface area contributed by atoms with E-state index in [2.05, 4.69) is 30.8 Å². The number of nitrogens with zero attached hydrogens (tertiary/aromatic N) is 7. The summed E-state index contributed by atoms with van der Waals surface area (Å²) in [6, 6.07) is 9.97. The fraction of sp³-hybridized carbons (Fsp3) is 0.278. The third kappa shape index (κ3) is 3.36. The van der Waals surface area contributed by atoms with Gasteiger partial charge >= 0.3 is 0 Å². The number of hydrogen-bond acceptors (Lipinski definition) is 7. The van der Waals surface area contributed by atoms with Gasteiger partial charge in [0.05, 0.1) is 12.6 Å². The molecule has 4 aromatic rings. The van der Waals surface area contributed by atoms with Gasteiger partial charge in [0.2, 0.25) is 5.82 Å². The maximum absolute atomic E-state index is 5.28. The Morgan fingerprint density at radius 3 is 2.89 bits per heavy atom. The molecule has 0 aliphatic carbocycles. The van der Waals surface area contributed by atoms with Crippen LogP contribution in [0.1, 0.15) is 25.5 Å². The lowest BCUT2D eigenvalue weighted by Gasteiger charge is -2.09. The molecule has 0 saturated heterocycles. The minimum absolute atomic E-state index is 0.162. The van der Waals surface area contributed by atoms with Crippen molar-refractivity contribution in [1.82, 2.24) is 34.8 Å². The normalized spacial score (nSPS) is 11.4. The number of ether oxygens (including phenoxy) is 1. The Morgan fingerprint density at radius 1 is 1.22 bits per heavy atom. The van der Waals surface area contributed by atoms with Crippen molar-refractivity contribution >= 4 is 17.0 Å². The fourth-order valence-electron chi connectivity index (χ4n) is 2.81. The minimum Gasteiger partial charge on any atom is -0.380 e. The molecule has 0 radical (unpaired) electrons. The highest BCUT2D eigenvalue weighted by Crippen LogP contribution is 2.25. The second kappa shape index (κ2) is 7.12. The second-order valence-corrected chi connectivity index (χ2v) is 6.41. The smallest absolute Gasteiger partial charge is 0.205 e.